The second-order valence-corrected chi connectivity index (χ2v) is 6.44. The fraction of sp³-hybridized carbons (Fsp3) is 0.438. The van der Waals surface area contributed by atoms with E-state index in [1.807, 2.05) is 13.1 Å². The van der Waals surface area contributed by atoms with E-state index in [0.717, 1.165) is 37.1 Å². The van der Waals surface area contributed by atoms with E-state index in [9.17, 15) is 10.1 Å². The Kier molecular flexibility index (Phi) is 4.37. The zero-order valence-electron chi connectivity index (χ0n) is 13.2. The number of pyridine rings is 1. The van der Waals surface area contributed by atoms with Gasteiger partial charge in [-0.15, -0.1) is 0 Å². The number of likely N-dealkylation sites (tertiary alicyclic amines) is 1. The van der Waals surface area contributed by atoms with Crippen molar-refractivity contribution in [3.8, 4) is 0 Å². The quantitative estimate of drug-likeness (QED) is 0.636. The highest BCUT2D eigenvalue weighted by Gasteiger charge is 2.25. The molecule has 0 saturated carbocycles. The number of hydrogen-bond donors (Lipinski definition) is 0. The zero-order chi connectivity index (χ0) is 16.6. The van der Waals surface area contributed by atoms with Crippen molar-refractivity contribution >= 4 is 33.9 Å². The molecule has 23 heavy (non-hydrogen) atoms. The molecule has 0 radical (unpaired) electrons. The highest BCUT2D eigenvalue weighted by molar-refractivity contribution is 6.34. The topological polar surface area (TPSA) is 62.5 Å². The molecule has 7 heteroatoms. The molecule has 0 spiro atoms. The van der Waals surface area contributed by atoms with Crippen molar-refractivity contribution in [2.45, 2.75) is 18.9 Å². The summed E-state index contributed by atoms with van der Waals surface area (Å²) in [5.74, 6) is 0.775. The minimum absolute atomic E-state index is 0.0513. The van der Waals surface area contributed by atoms with Crippen LogP contribution >= 0.6 is 11.6 Å². The van der Waals surface area contributed by atoms with Crippen LogP contribution in [-0.4, -0.2) is 48.0 Å². The molecule has 6 nitrogen and oxygen atoms in total. The minimum Gasteiger partial charge on any atom is -0.356 e. The van der Waals surface area contributed by atoms with Crippen LogP contribution in [0.25, 0.3) is 10.8 Å². The number of fused-ring (bicyclic) bond motifs is 1. The van der Waals surface area contributed by atoms with Crippen molar-refractivity contribution in [3.63, 3.8) is 0 Å². The summed E-state index contributed by atoms with van der Waals surface area (Å²) in [6.45, 7) is 2.09. The van der Waals surface area contributed by atoms with Gasteiger partial charge in [0.05, 0.1) is 10.3 Å². The molecule has 1 aromatic heterocycles. The molecule has 0 atom stereocenters. The van der Waals surface area contributed by atoms with Crippen LogP contribution in [-0.2, 0) is 0 Å². The molecular weight excluding hydrogens is 316 g/mol. The van der Waals surface area contributed by atoms with E-state index in [4.69, 9.17) is 11.6 Å². The number of halogens is 1. The monoisotopic (exact) mass is 334 g/mol. The van der Waals surface area contributed by atoms with E-state index >= 15 is 0 Å². The van der Waals surface area contributed by atoms with Crippen molar-refractivity contribution in [2.24, 2.45) is 0 Å². The Morgan fingerprint density at radius 2 is 2.00 bits per heavy atom. The molecule has 0 aliphatic carbocycles. The van der Waals surface area contributed by atoms with Gasteiger partial charge in [0.1, 0.15) is 10.8 Å². The first kappa shape index (κ1) is 16.0. The van der Waals surface area contributed by atoms with Gasteiger partial charge in [0.15, 0.2) is 0 Å². The molecule has 1 saturated heterocycles. The maximum atomic E-state index is 11.3. The molecular formula is C16H19ClN4O2. The predicted molar refractivity (Wildman–Crippen MR) is 92.3 cm³/mol. The average molecular weight is 335 g/mol. The van der Waals surface area contributed by atoms with Crippen LogP contribution in [0.4, 0.5) is 11.5 Å². The van der Waals surface area contributed by atoms with E-state index in [2.05, 4.69) is 21.8 Å². The van der Waals surface area contributed by atoms with Crippen molar-refractivity contribution < 1.29 is 4.92 Å². The summed E-state index contributed by atoms with van der Waals surface area (Å²) in [5, 5.41) is 12.8. The Balaban J connectivity index is 2.05. The fourth-order valence-electron chi connectivity index (χ4n) is 3.22. The van der Waals surface area contributed by atoms with Crippen molar-refractivity contribution in [1.82, 2.24) is 9.88 Å². The molecule has 1 fully saturated rings. The summed E-state index contributed by atoms with van der Waals surface area (Å²) in [6.07, 6.45) is 3.73. The third-order valence-corrected chi connectivity index (χ3v) is 4.90. The lowest BCUT2D eigenvalue weighted by Crippen LogP contribution is -2.42. The van der Waals surface area contributed by atoms with Crippen LogP contribution in [0.3, 0.4) is 0 Å². The first-order valence-corrected chi connectivity index (χ1v) is 8.00. The summed E-state index contributed by atoms with van der Waals surface area (Å²) in [5.41, 5.74) is -0.0513. The van der Waals surface area contributed by atoms with Crippen LogP contribution in [0.2, 0.25) is 5.02 Å². The number of nitro benzene ring substituents is 1. The van der Waals surface area contributed by atoms with Crippen LogP contribution in [0.15, 0.2) is 24.4 Å². The summed E-state index contributed by atoms with van der Waals surface area (Å²) in [7, 11) is 4.13. The van der Waals surface area contributed by atoms with Crippen LogP contribution in [0.1, 0.15) is 12.8 Å². The Hall–Kier alpha value is -1.92. The van der Waals surface area contributed by atoms with Gasteiger partial charge in [-0.2, -0.15) is 0 Å². The van der Waals surface area contributed by atoms with Gasteiger partial charge in [0.2, 0.25) is 0 Å². The second kappa shape index (κ2) is 6.29. The highest BCUT2D eigenvalue weighted by atomic mass is 35.5. The summed E-state index contributed by atoms with van der Waals surface area (Å²) < 4.78 is 0. The van der Waals surface area contributed by atoms with Gasteiger partial charge < -0.3 is 9.80 Å². The largest absolute Gasteiger partial charge is 0.356 e. The Morgan fingerprint density at radius 3 is 2.65 bits per heavy atom. The summed E-state index contributed by atoms with van der Waals surface area (Å²) in [4.78, 5) is 19.8. The summed E-state index contributed by atoms with van der Waals surface area (Å²) in [6, 6.07) is 5.44. The van der Waals surface area contributed by atoms with E-state index in [1.54, 1.807) is 18.3 Å². The van der Waals surface area contributed by atoms with Gasteiger partial charge >= 0.3 is 0 Å². The Bertz CT molecular complexity index is 744. The van der Waals surface area contributed by atoms with E-state index in [1.165, 1.54) is 0 Å². The first-order chi connectivity index (χ1) is 11.0. The maximum Gasteiger partial charge on any atom is 0.295 e. The lowest BCUT2D eigenvalue weighted by atomic mass is 10.0. The molecule has 0 N–H and O–H groups in total. The fourth-order valence-corrected chi connectivity index (χ4v) is 3.45. The normalized spacial score (nSPS) is 16.7. The third kappa shape index (κ3) is 2.96. The molecule has 0 amide bonds. The van der Waals surface area contributed by atoms with Gasteiger partial charge in [0.25, 0.3) is 5.69 Å². The number of piperidine rings is 1. The van der Waals surface area contributed by atoms with Gasteiger partial charge in [-0.3, -0.25) is 10.1 Å². The first-order valence-electron chi connectivity index (χ1n) is 7.62. The van der Waals surface area contributed by atoms with E-state index in [-0.39, 0.29) is 10.7 Å². The zero-order valence-corrected chi connectivity index (χ0v) is 14.0. The predicted octanol–water partition coefficient (Wildman–Crippen LogP) is 3.33. The smallest absolute Gasteiger partial charge is 0.295 e. The standard InChI is InChI=1S/C16H19ClN4O2/c1-19-9-6-11(7-10-19)20(2)16-13-3-4-14(17)15(21(22)23)12(13)5-8-18-16/h3-5,8,11H,6-7,9-10H2,1-2H3. The van der Waals surface area contributed by atoms with Crippen LogP contribution in [0, 0.1) is 10.1 Å². The van der Waals surface area contributed by atoms with E-state index in [0.29, 0.717) is 11.4 Å². The lowest BCUT2D eigenvalue weighted by Gasteiger charge is -2.36. The van der Waals surface area contributed by atoms with Crippen molar-refractivity contribution in [2.75, 3.05) is 32.1 Å². The molecule has 1 aliphatic heterocycles. The van der Waals surface area contributed by atoms with Crippen molar-refractivity contribution in [1.29, 1.82) is 0 Å². The molecule has 122 valence electrons. The number of nitro groups is 1. The molecule has 3 rings (SSSR count). The molecule has 2 heterocycles. The highest BCUT2D eigenvalue weighted by Crippen LogP contribution is 2.37. The second-order valence-electron chi connectivity index (χ2n) is 6.03. The average Bonchev–Trinajstić information content (AvgIpc) is 2.53. The van der Waals surface area contributed by atoms with Gasteiger partial charge in [0, 0.05) is 24.7 Å². The van der Waals surface area contributed by atoms with Crippen molar-refractivity contribution in [3.05, 3.63) is 39.5 Å². The Morgan fingerprint density at radius 1 is 1.30 bits per heavy atom. The Labute approximate surface area is 139 Å². The number of benzene rings is 1. The molecule has 1 aromatic carbocycles. The van der Waals surface area contributed by atoms with Crippen LogP contribution in [0.5, 0.6) is 0 Å². The maximum absolute atomic E-state index is 11.3. The van der Waals surface area contributed by atoms with Gasteiger partial charge in [-0.05, 0) is 51.2 Å². The number of rotatable bonds is 3. The molecule has 1 aliphatic rings. The van der Waals surface area contributed by atoms with Crippen LogP contribution < -0.4 is 4.90 Å². The molecule has 0 unspecified atom stereocenters. The molecule has 0 bridgehead atoms. The number of hydrogen-bond acceptors (Lipinski definition) is 5. The molecule has 2 aromatic rings. The SMILES string of the molecule is CN1CCC(N(C)c2nccc3c([N+](=O)[O-])c(Cl)ccc23)CC1. The van der Waals surface area contributed by atoms with E-state index < -0.39 is 4.92 Å². The van der Waals surface area contributed by atoms with Gasteiger partial charge in [-0.25, -0.2) is 4.98 Å². The lowest BCUT2D eigenvalue weighted by molar-refractivity contribution is -0.382. The minimum atomic E-state index is -0.427. The van der Waals surface area contributed by atoms with Gasteiger partial charge in [-0.1, -0.05) is 11.6 Å². The third-order valence-electron chi connectivity index (χ3n) is 4.60. The number of anilines is 1. The number of nitrogens with zero attached hydrogens (tertiary/aromatic N) is 4. The number of aromatic nitrogens is 1. The summed E-state index contributed by atoms with van der Waals surface area (Å²) >= 11 is 6.01.